The minimum Gasteiger partial charge on any atom is -0.496 e. The molecule has 1 amide bonds. The van der Waals surface area contributed by atoms with Crippen LogP contribution in [0, 0.1) is 0 Å². The fourth-order valence-corrected chi connectivity index (χ4v) is 4.76. The maximum absolute atomic E-state index is 12.6. The zero-order valence-electron chi connectivity index (χ0n) is 13.8. The number of sulfonamides is 1. The monoisotopic (exact) mass is 414 g/mol. The second kappa shape index (κ2) is 7.34. The number of ether oxygens (including phenoxy) is 1. The van der Waals surface area contributed by atoms with E-state index in [1.54, 1.807) is 30.3 Å². The molecule has 0 aliphatic carbocycles. The number of carbonyl (C=O) groups is 1. The molecule has 1 aliphatic rings. The normalized spacial score (nSPS) is 15.7. The van der Waals surface area contributed by atoms with Crippen molar-refractivity contribution in [3.05, 3.63) is 52.0 Å². The second-order valence-electron chi connectivity index (χ2n) is 5.71. The largest absolute Gasteiger partial charge is 0.496 e. The summed E-state index contributed by atoms with van der Waals surface area (Å²) < 4.78 is 30.7. The Morgan fingerprint density at radius 1 is 1.19 bits per heavy atom. The lowest BCUT2D eigenvalue weighted by molar-refractivity contribution is 0.102. The summed E-state index contributed by atoms with van der Waals surface area (Å²) in [4.78, 5) is 12.6. The molecule has 1 heterocycles. The van der Waals surface area contributed by atoms with Gasteiger partial charge in [0.1, 0.15) is 5.75 Å². The molecule has 6 nitrogen and oxygen atoms in total. The van der Waals surface area contributed by atoms with Crippen LogP contribution in [0.5, 0.6) is 5.75 Å². The number of anilines is 2. The lowest BCUT2D eigenvalue weighted by Gasteiger charge is -2.19. The number of hydrogen-bond donors (Lipinski definition) is 1. The highest BCUT2D eigenvalue weighted by atomic mass is 35.5. The molecule has 138 valence electrons. The Labute approximate surface area is 161 Å². The van der Waals surface area contributed by atoms with Gasteiger partial charge in [0.05, 0.1) is 29.1 Å². The van der Waals surface area contributed by atoms with Crippen LogP contribution < -0.4 is 14.4 Å². The van der Waals surface area contributed by atoms with Crippen LogP contribution in [0.25, 0.3) is 0 Å². The molecule has 0 radical (unpaired) electrons. The summed E-state index contributed by atoms with van der Waals surface area (Å²) in [5, 5.41) is 3.42. The average molecular weight is 415 g/mol. The summed E-state index contributed by atoms with van der Waals surface area (Å²) in [6.45, 7) is 0.363. The van der Waals surface area contributed by atoms with Crippen molar-refractivity contribution >= 4 is 50.5 Å². The number of amides is 1. The van der Waals surface area contributed by atoms with Gasteiger partial charge in [-0.1, -0.05) is 23.2 Å². The van der Waals surface area contributed by atoms with Crippen molar-refractivity contribution in [2.45, 2.75) is 6.42 Å². The first-order valence-corrected chi connectivity index (χ1v) is 10.1. The number of nitrogens with zero attached hydrogens (tertiary/aromatic N) is 1. The fourth-order valence-electron chi connectivity index (χ4n) is 2.75. The molecule has 3 rings (SSSR count). The van der Waals surface area contributed by atoms with Crippen LogP contribution in [0.3, 0.4) is 0 Å². The molecule has 1 saturated heterocycles. The predicted octanol–water partition coefficient (Wildman–Crippen LogP) is 3.79. The quantitative estimate of drug-likeness (QED) is 0.825. The molecule has 0 saturated carbocycles. The van der Waals surface area contributed by atoms with E-state index in [9.17, 15) is 13.2 Å². The van der Waals surface area contributed by atoms with E-state index in [0.29, 0.717) is 40.1 Å². The molecule has 9 heteroatoms. The number of nitrogens with one attached hydrogen (secondary N) is 1. The Bertz CT molecular complexity index is 963. The number of hydrogen-bond acceptors (Lipinski definition) is 4. The minimum atomic E-state index is -3.38. The number of rotatable bonds is 4. The maximum Gasteiger partial charge on any atom is 0.259 e. The zero-order valence-corrected chi connectivity index (χ0v) is 16.2. The van der Waals surface area contributed by atoms with Crippen LogP contribution in [0.4, 0.5) is 11.4 Å². The van der Waals surface area contributed by atoms with Crippen LogP contribution >= 0.6 is 23.2 Å². The van der Waals surface area contributed by atoms with Gasteiger partial charge in [-0.3, -0.25) is 9.10 Å². The molecule has 2 aromatic rings. The molecule has 0 spiro atoms. The standard InChI is InChI=1S/C17H16Cl2N2O4S/c1-25-16-6-3-11(18)9-13(16)17(22)20-12-4-5-14(19)15(10-12)21-7-2-8-26(21,23)24/h3-6,9-10H,2,7-8H2,1H3,(H,20,22). The summed E-state index contributed by atoms with van der Waals surface area (Å²) in [7, 11) is -1.92. The van der Waals surface area contributed by atoms with Crippen molar-refractivity contribution in [2.24, 2.45) is 0 Å². The molecule has 0 bridgehead atoms. The molecule has 0 atom stereocenters. The van der Waals surface area contributed by atoms with E-state index in [2.05, 4.69) is 5.32 Å². The van der Waals surface area contributed by atoms with E-state index in [4.69, 9.17) is 27.9 Å². The van der Waals surface area contributed by atoms with Crippen molar-refractivity contribution in [3.63, 3.8) is 0 Å². The van der Waals surface area contributed by atoms with Crippen LogP contribution in [-0.2, 0) is 10.0 Å². The van der Waals surface area contributed by atoms with Gasteiger partial charge in [0, 0.05) is 17.3 Å². The van der Waals surface area contributed by atoms with Gasteiger partial charge in [-0.05, 0) is 42.8 Å². The zero-order chi connectivity index (χ0) is 18.9. The Morgan fingerprint density at radius 3 is 2.62 bits per heavy atom. The predicted molar refractivity (Wildman–Crippen MR) is 103 cm³/mol. The van der Waals surface area contributed by atoms with Gasteiger partial charge < -0.3 is 10.1 Å². The average Bonchev–Trinajstić information content (AvgIpc) is 2.95. The minimum absolute atomic E-state index is 0.0830. The Morgan fingerprint density at radius 2 is 1.96 bits per heavy atom. The topological polar surface area (TPSA) is 75.7 Å². The molecule has 1 fully saturated rings. The number of benzene rings is 2. The van der Waals surface area contributed by atoms with E-state index in [1.807, 2.05) is 0 Å². The van der Waals surface area contributed by atoms with Crippen molar-refractivity contribution in [1.82, 2.24) is 0 Å². The molecule has 1 aliphatic heterocycles. The van der Waals surface area contributed by atoms with Crippen LogP contribution in [-0.4, -0.2) is 33.7 Å². The first kappa shape index (κ1) is 18.8. The Balaban J connectivity index is 1.91. The SMILES string of the molecule is COc1ccc(Cl)cc1C(=O)Nc1ccc(Cl)c(N2CCCS2(=O)=O)c1. The summed E-state index contributed by atoms with van der Waals surface area (Å²) in [6.07, 6.45) is 0.537. The van der Waals surface area contributed by atoms with Crippen molar-refractivity contribution in [3.8, 4) is 5.75 Å². The van der Waals surface area contributed by atoms with E-state index < -0.39 is 15.9 Å². The number of methoxy groups -OCH3 is 1. The van der Waals surface area contributed by atoms with Gasteiger partial charge in [-0.25, -0.2) is 8.42 Å². The lowest BCUT2D eigenvalue weighted by Crippen LogP contribution is -2.25. The lowest BCUT2D eigenvalue weighted by atomic mass is 10.1. The fraction of sp³-hybridized carbons (Fsp3) is 0.235. The molecular weight excluding hydrogens is 399 g/mol. The molecule has 0 unspecified atom stereocenters. The van der Waals surface area contributed by atoms with E-state index in [-0.39, 0.29) is 11.3 Å². The molecule has 0 aromatic heterocycles. The Kier molecular flexibility index (Phi) is 5.32. The third-order valence-electron chi connectivity index (χ3n) is 3.98. The van der Waals surface area contributed by atoms with Gasteiger partial charge in [-0.2, -0.15) is 0 Å². The summed E-state index contributed by atoms with van der Waals surface area (Å²) in [5.41, 5.74) is 1.03. The summed E-state index contributed by atoms with van der Waals surface area (Å²) >= 11 is 12.1. The molecule has 2 aromatic carbocycles. The van der Waals surface area contributed by atoms with Crippen molar-refractivity contribution < 1.29 is 17.9 Å². The number of carbonyl (C=O) groups excluding carboxylic acids is 1. The van der Waals surface area contributed by atoms with Gasteiger partial charge in [0.2, 0.25) is 10.0 Å². The van der Waals surface area contributed by atoms with Crippen LogP contribution in [0.1, 0.15) is 16.8 Å². The smallest absolute Gasteiger partial charge is 0.259 e. The van der Waals surface area contributed by atoms with Gasteiger partial charge >= 0.3 is 0 Å². The highest BCUT2D eigenvalue weighted by molar-refractivity contribution is 7.93. The first-order valence-electron chi connectivity index (χ1n) is 7.76. The van der Waals surface area contributed by atoms with E-state index in [1.165, 1.54) is 17.5 Å². The van der Waals surface area contributed by atoms with Gasteiger partial charge in [0.25, 0.3) is 5.91 Å². The third-order valence-corrected chi connectivity index (χ3v) is 6.39. The first-order chi connectivity index (χ1) is 12.3. The number of halogens is 2. The summed E-state index contributed by atoms with van der Waals surface area (Å²) in [6, 6.07) is 9.41. The van der Waals surface area contributed by atoms with Crippen molar-refractivity contribution in [1.29, 1.82) is 0 Å². The molecule has 1 N–H and O–H groups in total. The van der Waals surface area contributed by atoms with Crippen LogP contribution in [0.2, 0.25) is 10.0 Å². The van der Waals surface area contributed by atoms with Crippen LogP contribution in [0.15, 0.2) is 36.4 Å². The van der Waals surface area contributed by atoms with Gasteiger partial charge in [-0.15, -0.1) is 0 Å². The van der Waals surface area contributed by atoms with E-state index >= 15 is 0 Å². The maximum atomic E-state index is 12.6. The highest BCUT2D eigenvalue weighted by Crippen LogP contribution is 2.34. The highest BCUT2D eigenvalue weighted by Gasteiger charge is 2.30. The Hall–Kier alpha value is -1.96. The third kappa shape index (κ3) is 3.75. The molecular formula is C17H16Cl2N2O4S. The molecule has 26 heavy (non-hydrogen) atoms. The van der Waals surface area contributed by atoms with E-state index in [0.717, 1.165) is 0 Å². The summed E-state index contributed by atoms with van der Waals surface area (Å²) in [5.74, 6) is 0.0321. The van der Waals surface area contributed by atoms with Crippen molar-refractivity contribution in [2.75, 3.05) is 29.0 Å². The second-order valence-corrected chi connectivity index (χ2v) is 8.56. The van der Waals surface area contributed by atoms with Gasteiger partial charge in [0.15, 0.2) is 0 Å².